The molecule has 0 unspecified atom stereocenters. The van der Waals surface area contributed by atoms with Crippen molar-refractivity contribution in [2.75, 3.05) is 18.8 Å². The van der Waals surface area contributed by atoms with E-state index in [0.29, 0.717) is 11.4 Å². The summed E-state index contributed by atoms with van der Waals surface area (Å²) < 4.78 is 0. The van der Waals surface area contributed by atoms with Crippen molar-refractivity contribution in [2.24, 2.45) is 0 Å². The SMILES string of the molecule is Nc1ncccc1C(=O)N1CCCCCCC1. The van der Waals surface area contributed by atoms with E-state index in [2.05, 4.69) is 4.98 Å². The van der Waals surface area contributed by atoms with Crippen molar-refractivity contribution in [3.63, 3.8) is 0 Å². The maximum atomic E-state index is 12.3. The largest absolute Gasteiger partial charge is 0.383 e. The van der Waals surface area contributed by atoms with Crippen LogP contribution in [0.3, 0.4) is 0 Å². The molecule has 0 aliphatic carbocycles. The van der Waals surface area contributed by atoms with Gasteiger partial charge in [0.1, 0.15) is 5.82 Å². The van der Waals surface area contributed by atoms with Crippen molar-refractivity contribution in [1.29, 1.82) is 0 Å². The molecule has 1 aromatic rings. The Balaban J connectivity index is 2.10. The van der Waals surface area contributed by atoms with E-state index >= 15 is 0 Å². The lowest BCUT2D eigenvalue weighted by atomic mass is 10.1. The third-order valence-electron chi connectivity index (χ3n) is 3.21. The van der Waals surface area contributed by atoms with Crippen molar-refractivity contribution in [3.05, 3.63) is 23.9 Å². The molecule has 1 amide bonds. The highest BCUT2D eigenvalue weighted by molar-refractivity contribution is 5.98. The molecule has 4 nitrogen and oxygen atoms in total. The van der Waals surface area contributed by atoms with Crippen LogP contribution in [0.2, 0.25) is 0 Å². The summed E-state index contributed by atoms with van der Waals surface area (Å²) in [6, 6.07) is 3.51. The highest BCUT2D eigenvalue weighted by Crippen LogP contribution is 2.15. The first-order chi connectivity index (χ1) is 8.29. The summed E-state index contributed by atoms with van der Waals surface area (Å²) in [5.41, 5.74) is 6.27. The molecule has 1 aliphatic rings. The predicted molar refractivity (Wildman–Crippen MR) is 67.6 cm³/mol. The minimum Gasteiger partial charge on any atom is -0.383 e. The number of aromatic nitrogens is 1. The number of likely N-dealkylation sites (tertiary alicyclic amines) is 1. The van der Waals surface area contributed by atoms with Crippen molar-refractivity contribution < 1.29 is 4.79 Å². The Labute approximate surface area is 102 Å². The number of carbonyl (C=O) groups excluding carboxylic acids is 1. The molecule has 0 atom stereocenters. The van der Waals surface area contributed by atoms with Crippen LogP contribution in [0.25, 0.3) is 0 Å². The highest BCUT2D eigenvalue weighted by Gasteiger charge is 2.18. The van der Waals surface area contributed by atoms with Crippen molar-refractivity contribution in [2.45, 2.75) is 32.1 Å². The minimum atomic E-state index is 0.0255. The molecule has 0 spiro atoms. The third kappa shape index (κ3) is 2.96. The summed E-state index contributed by atoms with van der Waals surface area (Å²) in [5, 5.41) is 0. The molecule has 0 bridgehead atoms. The summed E-state index contributed by atoms with van der Waals surface area (Å²) in [6.07, 6.45) is 7.51. The van der Waals surface area contributed by atoms with Crippen molar-refractivity contribution >= 4 is 11.7 Å². The number of hydrogen-bond acceptors (Lipinski definition) is 3. The first-order valence-electron chi connectivity index (χ1n) is 6.29. The zero-order valence-corrected chi connectivity index (χ0v) is 10.1. The number of pyridine rings is 1. The Morgan fingerprint density at radius 3 is 2.47 bits per heavy atom. The van der Waals surface area contributed by atoms with Crippen molar-refractivity contribution in [3.8, 4) is 0 Å². The summed E-state index contributed by atoms with van der Waals surface area (Å²) in [5.74, 6) is 0.358. The number of amides is 1. The molecule has 1 saturated heterocycles. The average Bonchev–Trinajstić information content (AvgIpc) is 2.28. The first kappa shape index (κ1) is 11.9. The Kier molecular flexibility index (Phi) is 3.96. The zero-order valence-electron chi connectivity index (χ0n) is 10.1. The molecule has 1 fully saturated rings. The maximum Gasteiger partial charge on any atom is 0.257 e. The van der Waals surface area contributed by atoms with Gasteiger partial charge in [-0.2, -0.15) is 0 Å². The summed E-state index contributed by atoms with van der Waals surface area (Å²) in [4.78, 5) is 18.2. The van der Waals surface area contributed by atoms with Gasteiger partial charge in [0.15, 0.2) is 0 Å². The topological polar surface area (TPSA) is 59.2 Å². The Hall–Kier alpha value is -1.58. The van der Waals surface area contributed by atoms with Gasteiger partial charge in [-0.1, -0.05) is 19.3 Å². The molecule has 0 aromatic carbocycles. The smallest absolute Gasteiger partial charge is 0.257 e. The van der Waals surface area contributed by atoms with E-state index in [-0.39, 0.29) is 5.91 Å². The average molecular weight is 233 g/mol. The van der Waals surface area contributed by atoms with Gasteiger partial charge in [-0.3, -0.25) is 4.79 Å². The molecular formula is C13H19N3O. The van der Waals surface area contributed by atoms with Crippen LogP contribution in [0.5, 0.6) is 0 Å². The van der Waals surface area contributed by atoms with Gasteiger partial charge in [0, 0.05) is 19.3 Å². The normalized spacial score (nSPS) is 17.3. The molecule has 1 aliphatic heterocycles. The second kappa shape index (κ2) is 5.66. The standard InChI is InChI=1S/C13H19N3O/c14-12-11(7-6-8-15-12)13(17)16-9-4-2-1-3-5-10-16/h6-8H,1-5,9-10H2,(H2,14,15). The van der Waals surface area contributed by atoms with Crippen LogP contribution in [-0.4, -0.2) is 28.9 Å². The predicted octanol–water partition coefficient (Wildman–Crippen LogP) is 2.07. The van der Waals surface area contributed by atoms with Crippen LogP contribution in [0.15, 0.2) is 18.3 Å². The molecule has 92 valence electrons. The summed E-state index contributed by atoms with van der Waals surface area (Å²) in [7, 11) is 0. The van der Waals surface area contributed by atoms with Crippen LogP contribution < -0.4 is 5.73 Å². The number of nitrogens with two attached hydrogens (primary N) is 1. The van der Waals surface area contributed by atoms with E-state index < -0.39 is 0 Å². The molecular weight excluding hydrogens is 214 g/mol. The lowest BCUT2D eigenvalue weighted by Gasteiger charge is -2.25. The first-order valence-corrected chi connectivity index (χ1v) is 6.29. The molecule has 17 heavy (non-hydrogen) atoms. The monoisotopic (exact) mass is 233 g/mol. The quantitative estimate of drug-likeness (QED) is 0.807. The number of carbonyl (C=O) groups is 1. The van der Waals surface area contributed by atoms with Gasteiger partial charge < -0.3 is 10.6 Å². The number of anilines is 1. The zero-order chi connectivity index (χ0) is 12.1. The second-order valence-corrected chi connectivity index (χ2v) is 4.50. The van der Waals surface area contributed by atoms with Gasteiger partial charge in [0.2, 0.25) is 0 Å². The van der Waals surface area contributed by atoms with Gasteiger partial charge in [-0.25, -0.2) is 4.98 Å². The van der Waals surface area contributed by atoms with Gasteiger partial charge >= 0.3 is 0 Å². The van der Waals surface area contributed by atoms with Gasteiger partial charge in [0.25, 0.3) is 5.91 Å². The fraction of sp³-hybridized carbons (Fsp3) is 0.538. The van der Waals surface area contributed by atoms with Crippen LogP contribution >= 0.6 is 0 Å². The fourth-order valence-corrected chi connectivity index (χ4v) is 2.22. The van der Waals surface area contributed by atoms with E-state index in [1.165, 1.54) is 19.3 Å². The van der Waals surface area contributed by atoms with Gasteiger partial charge in [-0.05, 0) is 25.0 Å². The number of rotatable bonds is 1. The number of nitrogen functional groups attached to an aromatic ring is 1. The molecule has 4 heteroatoms. The van der Waals surface area contributed by atoms with E-state index in [1.54, 1.807) is 18.3 Å². The Morgan fingerprint density at radius 2 is 1.82 bits per heavy atom. The molecule has 2 heterocycles. The number of hydrogen-bond donors (Lipinski definition) is 1. The number of nitrogens with zero attached hydrogens (tertiary/aromatic N) is 2. The third-order valence-corrected chi connectivity index (χ3v) is 3.21. The molecule has 1 aromatic heterocycles. The van der Waals surface area contributed by atoms with Gasteiger partial charge in [0.05, 0.1) is 5.56 Å². The van der Waals surface area contributed by atoms with E-state index in [9.17, 15) is 4.79 Å². The molecule has 0 saturated carbocycles. The van der Waals surface area contributed by atoms with Crippen LogP contribution in [0.1, 0.15) is 42.5 Å². The minimum absolute atomic E-state index is 0.0255. The summed E-state index contributed by atoms with van der Waals surface area (Å²) in [6.45, 7) is 1.68. The molecule has 2 rings (SSSR count). The van der Waals surface area contributed by atoms with E-state index in [4.69, 9.17) is 5.73 Å². The summed E-state index contributed by atoms with van der Waals surface area (Å²) >= 11 is 0. The highest BCUT2D eigenvalue weighted by atomic mass is 16.2. The lowest BCUT2D eigenvalue weighted by molar-refractivity contribution is 0.0743. The molecule has 0 radical (unpaired) electrons. The second-order valence-electron chi connectivity index (χ2n) is 4.50. The maximum absolute atomic E-state index is 12.3. The van der Waals surface area contributed by atoms with Crippen LogP contribution in [-0.2, 0) is 0 Å². The van der Waals surface area contributed by atoms with Gasteiger partial charge in [-0.15, -0.1) is 0 Å². The molecule has 2 N–H and O–H groups in total. The Morgan fingerprint density at radius 1 is 1.18 bits per heavy atom. The lowest BCUT2D eigenvalue weighted by Crippen LogP contribution is -2.34. The van der Waals surface area contributed by atoms with Crippen LogP contribution in [0, 0.1) is 0 Å². The Bertz CT molecular complexity index is 384. The fourth-order valence-electron chi connectivity index (χ4n) is 2.22. The van der Waals surface area contributed by atoms with E-state index in [1.807, 2.05) is 4.90 Å². The van der Waals surface area contributed by atoms with Crippen LogP contribution in [0.4, 0.5) is 5.82 Å². The van der Waals surface area contributed by atoms with E-state index in [0.717, 1.165) is 25.9 Å². The van der Waals surface area contributed by atoms with Crippen molar-refractivity contribution in [1.82, 2.24) is 9.88 Å².